The van der Waals surface area contributed by atoms with Crippen LogP contribution in [0.2, 0.25) is 0 Å². The summed E-state index contributed by atoms with van der Waals surface area (Å²) >= 11 is 0. The van der Waals surface area contributed by atoms with E-state index in [1.54, 1.807) is 11.0 Å². The Kier molecular flexibility index (Phi) is 3.53. The van der Waals surface area contributed by atoms with E-state index in [1.165, 1.54) is 12.1 Å². The largest absolute Gasteiger partial charge is 0.409 e. The van der Waals surface area contributed by atoms with Gasteiger partial charge in [0, 0.05) is 24.1 Å². The zero-order valence-corrected chi connectivity index (χ0v) is 11.6. The Balaban J connectivity index is 1.91. The van der Waals surface area contributed by atoms with E-state index in [9.17, 15) is 9.18 Å². The molecular formula is C15H18FN3O2. The van der Waals surface area contributed by atoms with Gasteiger partial charge >= 0.3 is 0 Å². The molecule has 2 aliphatic rings. The summed E-state index contributed by atoms with van der Waals surface area (Å²) in [6, 6.07) is 4.48. The number of hydrogen-bond donors (Lipinski definition) is 2. The summed E-state index contributed by atoms with van der Waals surface area (Å²) in [4.78, 5) is 14.5. The molecule has 1 fully saturated rings. The molecule has 2 atom stereocenters. The van der Waals surface area contributed by atoms with E-state index in [0.717, 1.165) is 24.8 Å². The minimum Gasteiger partial charge on any atom is -0.409 e. The van der Waals surface area contributed by atoms with Gasteiger partial charge in [0.1, 0.15) is 11.7 Å². The van der Waals surface area contributed by atoms with Crippen LogP contribution in [0.25, 0.3) is 0 Å². The number of carbonyl (C=O) groups excluding carboxylic acids is 1. The maximum Gasteiger partial charge on any atom is 0.254 e. The van der Waals surface area contributed by atoms with Crippen molar-refractivity contribution in [2.24, 2.45) is 16.8 Å². The molecule has 5 nitrogen and oxygen atoms in total. The highest BCUT2D eigenvalue weighted by molar-refractivity contribution is 5.97. The maximum absolute atomic E-state index is 13.4. The Hall–Kier alpha value is -2.11. The van der Waals surface area contributed by atoms with Crippen molar-refractivity contribution in [3.8, 4) is 0 Å². The summed E-state index contributed by atoms with van der Waals surface area (Å²) in [5.41, 5.74) is 7.02. The summed E-state index contributed by atoms with van der Waals surface area (Å²) in [7, 11) is 0. The first-order valence-electron chi connectivity index (χ1n) is 7.17. The van der Waals surface area contributed by atoms with Gasteiger partial charge in [-0.1, -0.05) is 5.16 Å². The quantitative estimate of drug-likeness (QED) is 0.358. The van der Waals surface area contributed by atoms with E-state index in [2.05, 4.69) is 5.16 Å². The number of nitrogens with zero attached hydrogens (tertiary/aromatic N) is 2. The van der Waals surface area contributed by atoms with E-state index >= 15 is 0 Å². The van der Waals surface area contributed by atoms with Gasteiger partial charge in [-0.15, -0.1) is 0 Å². The van der Waals surface area contributed by atoms with Crippen molar-refractivity contribution in [3.63, 3.8) is 0 Å². The molecule has 21 heavy (non-hydrogen) atoms. The molecular weight excluding hydrogens is 273 g/mol. The number of rotatable bonds is 1. The summed E-state index contributed by atoms with van der Waals surface area (Å²) in [5, 5.41) is 11.9. The lowest BCUT2D eigenvalue weighted by molar-refractivity contribution is 0.0578. The predicted octanol–water partition coefficient (Wildman–Crippen LogP) is 1.74. The lowest BCUT2D eigenvalue weighted by atomic mass is 9.90. The van der Waals surface area contributed by atoms with E-state index in [1.807, 2.05) is 0 Å². The summed E-state index contributed by atoms with van der Waals surface area (Å²) < 4.78 is 13.4. The molecule has 0 saturated carbocycles. The van der Waals surface area contributed by atoms with Crippen LogP contribution in [0, 0.1) is 11.7 Å². The van der Waals surface area contributed by atoms with E-state index in [-0.39, 0.29) is 29.5 Å². The fraction of sp³-hybridized carbons (Fsp3) is 0.467. The third-order valence-corrected chi connectivity index (χ3v) is 4.55. The SMILES string of the molecule is NC(=NO)[C@@H]1CC[C@@H]2CCc3cc(F)ccc3C(=O)N2C1. The van der Waals surface area contributed by atoms with Crippen LogP contribution >= 0.6 is 0 Å². The number of hydrogen-bond acceptors (Lipinski definition) is 3. The van der Waals surface area contributed by atoms with Crippen molar-refractivity contribution >= 4 is 11.7 Å². The molecule has 0 radical (unpaired) electrons. The van der Waals surface area contributed by atoms with Gasteiger partial charge in [-0.2, -0.15) is 0 Å². The third-order valence-electron chi connectivity index (χ3n) is 4.55. The number of halogens is 1. The van der Waals surface area contributed by atoms with Crippen molar-refractivity contribution in [2.45, 2.75) is 31.7 Å². The van der Waals surface area contributed by atoms with Crippen LogP contribution in [0.5, 0.6) is 0 Å². The van der Waals surface area contributed by atoms with Crippen LogP contribution in [-0.2, 0) is 6.42 Å². The Morgan fingerprint density at radius 2 is 2.19 bits per heavy atom. The molecule has 0 spiro atoms. The molecule has 2 aliphatic heterocycles. The lowest BCUT2D eigenvalue weighted by Crippen LogP contribution is -2.49. The zero-order chi connectivity index (χ0) is 15.0. The zero-order valence-electron chi connectivity index (χ0n) is 11.6. The highest BCUT2D eigenvalue weighted by Gasteiger charge is 2.36. The number of oxime groups is 1. The summed E-state index contributed by atoms with van der Waals surface area (Å²) in [6.07, 6.45) is 3.15. The number of amidine groups is 1. The van der Waals surface area contributed by atoms with Crippen molar-refractivity contribution in [3.05, 3.63) is 35.1 Å². The lowest BCUT2D eigenvalue weighted by Gasteiger charge is -2.38. The molecule has 1 amide bonds. The van der Waals surface area contributed by atoms with Gasteiger partial charge in [-0.25, -0.2) is 4.39 Å². The second kappa shape index (κ2) is 5.35. The highest BCUT2D eigenvalue weighted by Crippen LogP contribution is 2.31. The topological polar surface area (TPSA) is 78.9 Å². The molecule has 0 aromatic heterocycles. The van der Waals surface area contributed by atoms with Crippen LogP contribution in [-0.4, -0.2) is 34.4 Å². The van der Waals surface area contributed by atoms with Gasteiger partial charge < -0.3 is 15.8 Å². The first-order chi connectivity index (χ1) is 10.1. The molecule has 3 rings (SSSR count). The fourth-order valence-corrected chi connectivity index (χ4v) is 3.35. The number of benzene rings is 1. The second-order valence-electron chi connectivity index (χ2n) is 5.75. The van der Waals surface area contributed by atoms with Crippen molar-refractivity contribution in [1.29, 1.82) is 0 Å². The Bertz CT molecular complexity index is 603. The minimum absolute atomic E-state index is 0.0806. The molecule has 6 heteroatoms. The van der Waals surface area contributed by atoms with Crippen LogP contribution in [0.15, 0.2) is 23.4 Å². The first-order valence-corrected chi connectivity index (χ1v) is 7.17. The Morgan fingerprint density at radius 3 is 2.95 bits per heavy atom. The summed E-state index contributed by atoms with van der Waals surface area (Å²) in [5.74, 6) is -0.332. The highest BCUT2D eigenvalue weighted by atomic mass is 19.1. The van der Waals surface area contributed by atoms with E-state index in [4.69, 9.17) is 10.9 Å². The van der Waals surface area contributed by atoms with Crippen molar-refractivity contribution < 1.29 is 14.4 Å². The van der Waals surface area contributed by atoms with Crippen LogP contribution in [0.3, 0.4) is 0 Å². The molecule has 1 aromatic rings. The standard InChI is InChI=1S/C15H18FN3O2/c16-11-3-6-13-9(7-11)1-4-12-5-2-10(14(17)18-21)8-19(12)15(13)20/h3,6-7,10,12,21H,1-2,4-5,8H2,(H2,17,18)/t10-,12+/m1/s1. The first kappa shape index (κ1) is 13.9. The normalized spacial score (nSPS) is 26.0. The van der Waals surface area contributed by atoms with Crippen LogP contribution < -0.4 is 5.73 Å². The van der Waals surface area contributed by atoms with Gasteiger partial charge in [0.2, 0.25) is 0 Å². The summed E-state index contributed by atoms with van der Waals surface area (Å²) in [6.45, 7) is 0.455. The molecule has 0 unspecified atom stereocenters. The molecule has 2 heterocycles. The maximum atomic E-state index is 13.4. The molecule has 0 aliphatic carbocycles. The smallest absolute Gasteiger partial charge is 0.254 e. The van der Waals surface area contributed by atoms with Crippen molar-refractivity contribution in [2.75, 3.05) is 6.54 Å². The molecule has 112 valence electrons. The number of nitrogens with two attached hydrogens (primary N) is 1. The van der Waals surface area contributed by atoms with Gasteiger partial charge in [0.15, 0.2) is 0 Å². The van der Waals surface area contributed by atoms with E-state index < -0.39 is 0 Å². The monoisotopic (exact) mass is 291 g/mol. The Labute approximate surface area is 122 Å². The van der Waals surface area contributed by atoms with Gasteiger partial charge in [-0.3, -0.25) is 4.79 Å². The number of fused-ring (bicyclic) bond motifs is 2. The third kappa shape index (κ3) is 2.46. The average molecular weight is 291 g/mol. The van der Waals surface area contributed by atoms with E-state index in [0.29, 0.717) is 18.5 Å². The predicted molar refractivity (Wildman–Crippen MR) is 75.7 cm³/mol. The molecule has 1 saturated heterocycles. The number of piperidine rings is 1. The van der Waals surface area contributed by atoms with Crippen LogP contribution in [0.1, 0.15) is 35.2 Å². The average Bonchev–Trinajstić information content (AvgIpc) is 2.63. The number of amides is 1. The molecule has 1 aromatic carbocycles. The van der Waals surface area contributed by atoms with Crippen molar-refractivity contribution in [1.82, 2.24) is 4.90 Å². The Morgan fingerprint density at radius 1 is 1.38 bits per heavy atom. The fourth-order valence-electron chi connectivity index (χ4n) is 3.35. The molecule has 0 bridgehead atoms. The van der Waals surface area contributed by atoms with Gasteiger partial charge in [0.05, 0.1) is 0 Å². The number of carbonyl (C=O) groups is 1. The van der Waals surface area contributed by atoms with Gasteiger partial charge in [0.25, 0.3) is 5.91 Å². The number of aryl methyl sites for hydroxylation is 1. The van der Waals surface area contributed by atoms with Crippen LogP contribution in [0.4, 0.5) is 4.39 Å². The van der Waals surface area contributed by atoms with Gasteiger partial charge in [-0.05, 0) is 49.4 Å². The second-order valence-corrected chi connectivity index (χ2v) is 5.75. The molecule has 3 N–H and O–H groups in total. The minimum atomic E-state index is -0.309.